The zero-order valence-corrected chi connectivity index (χ0v) is 25.7. The molecule has 0 nitrogen and oxygen atoms in total. The van der Waals surface area contributed by atoms with Gasteiger partial charge < -0.3 is 0 Å². The Hall–Kier alpha value is -0.0700. The SMILES string of the molecule is CCCCCCCCCCCC([CH]CCCCCCF)(CCCCCCCC)CCCCCCCC. The van der Waals surface area contributed by atoms with Gasteiger partial charge in [-0.1, -0.05) is 175 Å². The Morgan fingerprint density at radius 3 is 1.06 bits per heavy atom. The number of hydrogen-bond acceptors (Lipinski definition) is 0. The minimum atomic E-state index is -0.137. The first-order valence-electron chi connectivity index (χ1n) is 17.1. The van der Waals surface area contributed by atoms with Gasteiger partial charge in [0.25, 0.3) is 0 Å². The third kappa shape index (κ3) is 24.3. The maximum absolute atomic E-state index is 12.5. The van der Waals surface area contributed by atoms with Crippen LogP contribution in [-0.2, 0) is 0 Å². The average Bonchev–Trinajstić information content (AvgIpc) is 2.89. The molecule has 0 amide bonds. The topological polar surface area (TPSA) is 0 Å². The molecule has 0 aliphatic carbocycles. The molecule has 0 aromatic heterocycles. The maximum atomic E-state index is 12.5. The van der Waals surface area contributed by atoms with Crippen molar-refractivity contribution in [3.63, 3.8) is 0 Å². The van der Waals surface area contributed by atoms with Crippen LogP contribution in [0.5, 0.6) is 0 Å². The quantitative estimate of drug-likeness (QED) is 0.0815. The summed E-state index contributed by atoms with van der Waals surface area (Å²) >= 11 is 0. The van der Waals surface area contributed by atoms with Gasteiger partial charge in [-0.05, 0) is 43.9 Å². The van der Waals surface area contributed by atoms with Crippen LogP contribution < -0.4 is 0 Å². The third-order valence-electron chi connectivity index (χ3n) is 8.50. The van der Waals surface area contributed by atoms with Crippen LogP contribution in [0.2, 0.25) is 0 Å². The molecule has 0 aliphatic heterocycles. The van der Waals surface area contributed by atoms with Crippen molar-refractivity contribution in [3.05, 3.63) is 6.42 Å². The van der Waals surface area contributed by atoms with Gasteiger partial charge in [-0.15, -0.1) is 0 Å². The highest BCUT2D eigenvalue weighted by molar-refractivity contribution is 4.92. The Bertz CT molecular complexity index is 349. The highest BCUT2D eigenvalue weighted by Gasteiger charge is 2.28. The van der Waals surface area contributed by atoms with Gasteiger partial charge in [0.2, 0.25) is 0 Å². The molecule has 217 valence electrons. The second-order valence-electron chi connectivity index (χ2n) is 12.1. The van der Waals surface area contributed by atoms with E-state index in [2.05, 4.69) is 27.2 Å². The maximum Gasteiger partial charge on any atom is 0.0894 e. The molecule has 0 aromatic rings. The van der Waals surface area contributed by atoms with Gasteiger partial charge in [0.15, 0.2) is 0 Å². The lowest BCUT2D eigenvalue weighted by Gasteiger charge is -2.35. The van der Waals surface area contributed by atoms with E-state index in [1.165, 1.54) is 173 Å². The van der Waals surface area contributed by atoms with Gasteiger partial charge in [-0.2, -0.15) is 0 Å². The van der Waals surface area contributed by atoms with Crippen molar-refractivity contribution in [2.24, 2.45) is 5.41 Å². The zero-order chi connectivity index (χ0) is 26.4. The van der Waals surface area contributed by atoms with E-state index >= 15 is 0 Å². The van der Waals surface area contributed by atoms with E-state index in [0.717, 1.165) is 12.8 Å². The zero-order valence-electron chi connectivity index (χ0n) is 25.7. The van der Waals surface area contributed by atoms with E-state index in [1.807, 2.05) is 0 Å². The Balaban J connectivity index is 4.72. The van der Waals surface area contributed by atoms with Gasteiger partial charge in [0.1, 0.15) is 0 Å². The molecule has 1 heteroatoms. The summed E-state index contributed by atoms with van der Waals surface area (Å²) in [5, 5.41) is 0. The Morgan fingerprint density at radius 2 is 0.694 bits per heavy atom. The van der Waals surface area contributed by atoms with Crippen LogP contribution in [0.1, 0.15) is 207 Å². The molecule has 0 spiro atoms. The van der Waals surface area contributed by atoms with Gasteiger partial charge >= 0.3 is 0 Å². The molecule has 0 N–H and O–H groups in total. The monoisotopic (exact) mass is 510 g/mol. The van der Waals surface area contributed by atoms with E-state index in [4.69, 9.17) is 0 Å². The van der Waals surface area contributed by atoms with Crippen molar-refractivity contribution < 1.29 is 4.39 Å². The number of unbranched alkanes of at least 4 members (excludes halogenated alkanes) is 22. The normalized spacial score (nSPS) is 12.0. The predicted molar refractivity (Wildman–Crippen MR) is 164 cm³/mol. The smallest absolute Gasteiger partial charge is 0.0894 e. The molecule has 0 aliphatic rings. The molecule has 1 radical (unpaired) electrons. The summed E-state index contributed by atoms with van der Waals surface area (Å²) in [7, 11) is 0. The van der Waals surface area contributed by atoms with Crippen molar-refractivity contribution in [3.8, 4) is 0 Å². The average molecular weight is 510 g/mol. The predicted octanol–water partition coefficient (Wildman–Crippen LogP) is 13.5. The highest BCUT2D eigenvalue weighted by Crippen LogP contribution is 2.41. The van der Waals surface area contributed by atoms with E-state index in [0.29, 0.717) is 5.41 Å². The first kappa shape index (κ1) is 35.9. The lowest BCUT2D eigenvalue weighted by Crippen LogP contribution is -2.22. The van der Waals surface area contributed by atoms with Gasteiger partial charge in [-0.3, -0.25) is 4.39 Å². The number of rotatable bonds is 31. The largest absolute Gasteiger partial charge is 0.251 e. The minimum Gasteiger partial charge on any atom is -0.251 e. The van der Waals surface area contributed by atoms with Crippen molar-refractivity contribution in [2.45, 2.75) is 207 Å². The van der Waals surface area contributed by atoms with E-state index in [1.54, 1.807) is 0 Å². The number of alkyl halides is 1. The fourth-order valence-electron chi connectivity index (χ4n) is 5.98. The lowest BCUT2D eigenvalue weighted by molar-refractivity contribution is 0.231. The Morgan fingerprint density at radius 1 is 0.389 bits per heavy atom. The standard InChI is InChI=1S/C35H70F/c1-4-7-10-13-16-17-18-22-27-32-35(30-25-20-14-11-8-5-2,31-26-21-15-12-9-6-3)33-28-23-19-24-29-34-36/h33H,4-32,34H2,1-3H3. The summed E-state index contributed by atoms with van der Waals surface area (Å²) in [6.07, 6.45) is 42.5. The summed E-state index contributed by atoms with van der Waals surface area (Å²) in [5.41, 5.74) is 0.483. The molecule has 0 heterocycles. The Labute approximate surface area is 229 Å². The van der Waals surface area contributed by atoms with E-state index in [-0.39, 0.29) is 6.67 Å². The van der Waals surface area contributed by atoms with Crippen LogP contribution in [-0.4, -0.2) is 6.67 Å². The van der Waals surface area contributed by atoms with Gasteiger partial charge in [-0.25, -0.2) is 0 Å². The number of hydrogen-bond donors (Lipinski definition) is 0. The molecule has 0 fully saturated rings. The van der Waals surface area contributed by atoms with Crippen LogP contribution in [0.25, 0.3) is 0 Å². The van der Waals surface area contributed by atoms with E-state index < -0.39 is 0 Å². The molecule has 0 bridgehead atoms. The third-order valence-corrected chi connectivity index (χ3v) is 8.50. The summed E-state index contributed by atoms with van der Waals surface area (Å²) in [5.74, 6) is 0. The van der Waals surface area contributed by atoms with Crippen LogP contribution >= 0.6 is 0 Å². The summed E-state index contributed by atoms with van der Waals surface area (Å²) < 4.78 is 12.5. The van der Waals surface area contributed by atoms with Gasteiger partial charge in [0.05, 0.1) is 6.67 Å². The molecule has 0 rings (SSSR count). The molecule has 0 saturated heterocycles. The minimum absolute atomic E-state index is 0.137. The molecule has 0 unspecified atom stereocenters. The van der Waals surface area contributed by atoms with Crippen LogP contribution in [0.4, 0.5) is 4.39 Å². The lowest BCUT2D eigenvalue weighted by atomic mass is 9.70. The van der Waals surface area contributed by atoms with Gasteiger partial charge in [0, 0.05) is 0 Å². The highest BCUT2D eigenvalue weighted by atomic mass is 19.1. The molecular formula is C35H70F. The van der Waals surface area contributed by atoms with Crippen molar-refractivity contribution in [2.75, 3.05) is 6.67 Å². The number of halogens is 1. The Kier molecular flexibility index (Phi) is 29.4. The second kappa shape index (κ2) is 29.5. The molecule has 0 saturated carbocycles. The second-order valence-corrected chi connectivity index (χ2v) is 12.1. The van der Waals surface area contributed by atoms with Crippen molar-refractivity contribution >= 4 is 0 Å². The van der Waals surface area contributed by atoms with Crippen LogP contribution in [0.3, 0.4) is 0 Å². The van der Waals surface area contributed by atoms with E-state index in [9.17, 15) is 4.39 Å². The first-order valence-corrected chi connectivity index (χ1v) is 17.1. The molecule has 0 aromatic carbocycles. The van der Waals surface area contributed by atoms with Crippen LogP contribution in [0, 0.1) is 11.8 Å². The fraction of sp³-hybridized carbons (Fsp3) is 0.971. The molecular weight excluding hydrogens is 439 g/mol. The fourth-order valence-corrected chi connectivity index (χ4v) is 5.98. The summed E-state index contributed by atoms with van der Waals surface area (Å²) in [4.78, 5) is 0. The van der Waals surface area contributed by atoms with Crippen molar-refractivity contribution in [1.82, 2.24) is 0 Å². The summed E-state index contributed by atoms with van der Waals surface area (Å²) in [6, 6.07) is 0. The first-order chi connectivity index (χ1) is 17.7. The van der Waals surface area contributed by atoms with Crippen LogP contribution in [0.15, 0.2) is 0 Å². The summed E-state index contributed by atoms with van der Waals surface area (Å²) in [6.45, 7) is 6.81. The van der Waals surface area contributed by atoms with Crippen molar-refractivity contribution in [1.29, 1.82) is 0 Å². The molecule has 36 heavy (non-hydrogen) atoms. The molecule has 0 atom stereocenters.